The van der Waals surface area contributed by atoms with Crippen molar-refractivity contribution in [3.05, 3.63) is 35.9 Å². The van der Waals surface area contributed by atoms with Crippen molar-refractivity contribution in [1.29, 1.82) is 0 Å². The predicted octanol–water partition coefficient (Wildman–Crippen LogP) is 1.12. The molecular weight excluding hydrogens is 234 g/mol. The van der Waals surface area contributed by atoms with E-state index < -0.39 is 35.9 Å². The highest BCUT2D eigenvalue weighted by atomic mass is 16.4. The van der Waals surface area contributed by atoms with E-state index in [1.165, 1.54) is 0 Å². The third-order valence-corrected chi connectivity index (χ3v) is 3.52. The standard InChI is InChI=1S/C13H15NO4/c1-7-9(12(15)16)11(14-10(7)13(17)18)8-5-3-2-4-6-8/h2-7,9-11,14H,1H3,(H,15,16)(H,17,18). The molecule has 5 heteroatoms. The van der Waals surface area contributed by atoms with Crippen LogP contribution in [0.15, 0.2) is 30.3 Å². The Morgan fingerprint density at radius 1 is 1.11 bits per heavy atom. The maximum Gasteiger partial charge on any atom is 0.321 e. The highest BCUT2D eigenvalue weighted by Crippen LogP contribution is 2.37. The first-order chi connectivity index (χ1) is 8.52. The zero-order valence-electron chi connectivity index (χ0n) is 9.91. The number of carboxylic acids is 2. The summed E-state index contributed by atoms with van der Waals surface area (Å²) >= 11 is 0. The van der Waals surface area contributed by atoms with E-state index in [1.54, 1.807) is 6.92 Å². The van der Waals surface area contributed by atoms with Crippen molar-refractivity contribution in [2.24, 2.45) is 11.8 Å². The normalized spacial score (nSPS) is 31.2. The number of carbonyl (C=O) groups is 2. The average Bonchev–Trinajstić information content (AvgIpc) is 2.68. The van der Waals surface area contributed by atoms with Crippen molar-refractivity contribution in [1.82, 2.24) is 5.32 Å². The molecule has 4 atom stereocenters. The molecule has 0 saturated carbocycles. The molecule has 1 heterocycles. The minimum atomic E-state index is -1.01. The van der Waals surface area contributed by atoms with Crippen LogP contribution in [-0.2, 0) is 9.59 Å². The van der Waals surface area contributed by atoms with E-state index in [-0.39, 0.29) is 0 Å². The van der Waals surface area contributed by atoms with Crippen LogP contribution in [0.1, 0.15) is 18.5 Å². The zero-order valence-corrected chi connectivity index (χ0v) is 9.91. The zero-order chi connectivity index (χ0) is 13.3. The molecule has 1 aromatic rings. The fraction of sp³-hybridized carbons (Fsp3) is 0.385. The summed E-state index contributed by atoms with van der Waals surface area (Å²) in [4.78, 5) is 22.4. The first-order valence-corrected chi connectivity index (χ1v) is 5.79. The summed E-state index contributed by atoms with van der Waals surface area (Å²) in [7, 11) is 0. The predicted molar refractivity (Wildman–Crippen MR) is 64.0 cm³/mol. The average molecular weight is 249 g/mol. The smallest absolute Gasteiger partial charge is 0.321 e. The van der Waals surface area contributed by atoms with Gasteiger partial charge >= 0.3 is 11.9 Å². The molecule has 1 aliphatic heterocycles. The summed E-state index contributed by atoms with van der Waals surface area (Å²) in [5.41, 5.74) is 0.806. The maximum atomic E-state index is 11.3. The van der Waals surface area contributed by atoms with E-state index >= 15 is 0 Å². The van der Waals surface area contributed by atoms with E-state index in [2.05, 4.69) is 5.32 Å². The van der Waals surface area contributed by atoms with Gasteiger partial charge in [-0.25, -0.2) is 0 Å². The Bertz CT molecular complexity index is 459. The summed E-state index contributed by atoms with van der Waals surface area (Å²) in [5.74, 6) is -3.15. The molecule has 0 radical (unpaired) electrons. The van der Waals surface area contributed by atoms with Crippen LogP contribution in [0.4, 0.5) is 0 Å². The van der Waals surface area contributed by atoms with E-state index in [0.29, 0.717) is 0 Å². The molecule has 2 rings (SSSR count). The lowest BCUT2D eigenvalue weighted by Gasteiger charge is -2.17. The van der Waals surface area contributed by atoms with Crippen molar-refractivity contribution in [3.8, 4) is 0 Å². The van der Waals surface area contributed by atoms with E-state index in [0.717, 1.165) is 5.56 Å². The molecular formula is C13H15NO4. The van der Waals surface area contributed by atoms with Crippen LogP contribution in [0.5, 0.6) is 0 Å². The number of hydrogen-bond donors (Lipinski definition) is 3. The van der Waals surface area contributed by atoms with Gasteiger partial charge < -0.3 is 10.2 Å². The highest BCUT2D eigenvalue weighted by molar-refractivity contribution is 5.79. The molecule has 1 saturated heterocycles. The van der Waals surface area contributed by atoms with Gasteiger partial charge in [0.2, 0.25) is 0 Å². The monoisotopic (exact) mass is 249 g/mol. The van der Waals surface area contributed by atoms with Crippen LogP contribution in [0.2, 0.25) is 0 Å². The van der Waals surface area contributed by atoms with Crippen LogP contribution in [-0.4, -0.2) is 28.2 Å². The molecule has 0 amide bonds. The lowest BCUT2D eigenvalue weighted by Crippen LogP contribution is -2.35. The summed E-state index contributed by atoms with van der Waals surface area (Å²) in [6.45, 7) is 1.66. The van der Waals surface area contributed by atoms with Crippen LogP contribution in [0.3, 0.4) is 0 Å². The van der Waals surface area contributed by atoms with Gasteiger partial charge in [-0.05, 0) is 11.5 Å². The third kappa shape index (κ3) is 2.09. The van der Waals surface area contributed by atoms with Gasteiger partial charge in [-0.3, -0.25) is 14.9 Å². The van der Waals surface area contributed by atoms with Gasteiger partial charge in [0, 0.05) is 6.04 Å². The summed E-state index contributed by atoms with van der Waals surface area (Å²) in [6, 6.07) is 7.81. The molecule has 5 nitrogen and oxygen atoms in total. The largest absolute Gasteiger partial charge is 0.481 e. The molecule has 0 spiro atoms. The second-order valence-corrected chi connectivity index (χ2v) is 4.59. The van der Waals surface area contributed by atoms with Crippen molar-refractivity contribution in [3.63, 3.8) is 0 Å². The van der Waals surface area contributed by atoms with E-state index in [9.17, 15) is 14.7 Å². The maximum absolute atomic E-state index is 11.3. The van der Waals surface area contributed by atoms with Gasteiger partial charge in [0.25, 0.3) is 0 Å². The van der Waals surface area contributed by atoms with Crippen LogP contribution >= 0.6 is 0 Å². The van der Waals surface area contributed by atoms with Crippen molar-refractivity contribution < 1.29 is 19.8 Å². The molecule has 0 aromatic heterocycles. The Hall–Kier alpha value is -1.88. The second-order valence-electron chi connectivity index (χ2n) is 4.59. The van der Waals surface area contributed by atoms with Gasteiger partial charge in [-0.1, -0.05) is 37.3 Å². The molecule has 1 fully saturated rings. The van der Waals surface area contributed by atoms with E-state index in [4.69, 9.17) is 5.11 Å². The van der Waals surface area contributed by atoms with Gasteiger partial charge in [0.05, 0.1) is 5.92 Å². The number of aliphatic carboxylic acids is 2. The fourth-order valence-electron chi connectivity index (χ4n) is 2.59. The van der Waals surface area contributed by atoms with Gasteiger partial charge in [-0.2, -0.15) is 0 Å². The fourth-order valence-corrected chi connectivity index (χ4v) is 2.59. The Morgan fingerprint density at radius 3 is 2.22 bits per heavy atom. The third-order valence-electron chi connectivity index (χ3n) is 3.52. The Labute approximate surface area is 104 Å². The Balaban J connectivity index is 2.34. The first kappa shape index (κ1) is 12.6. The second kappa shape index (κ2) is 4.78. The number of benzene rings is 1. The van der Waals surface area contributed by atoms with Gasteiger partial charge in [-0.15, -0.1) is 0 Å². The summed E-state index contributed by atoms with van der Waals surface area (Å²) in [5, 5.41) is 21.3. The van der Waals surface area contributed by atoms with Crippen LogP contribution < -0.4 is 5.32 Å². The SMILES string of the molecule is CC1C(C(=O)O)NC(c2ccccc2)C1C(=O)O. The molecule has 0 bridgehead atoms. The molecule has 3 N–H and O–H groups in total. The number of rotatable bonds is 3. The van der Waals surface area contributed by atoms with Crippen molar-refractivity contribution in [2.45, 2.75) is 19.0 Å². The van der Waals surface area contributed by atoms with Gasteiger partial charge in [0.1, 0.15) is 6.04 Å². The lowest BCUT2D eigenvalue weighted by molar-refractivity contribution is -0.144. The number of carboxylic acid groups (broad SMARTS) is 2. The topological polar surface area (TPSA) is 86.6 Å². The highest BCUT2D eigenvalue weighted by Gasteiger charge is 2.47. The minimum absolute atomic E-state index is 0.454. The number of nitrogens with one attached hydrogen (secondary N) is 1. The van der Waals surface area contributed by atoms with Crippen LogP contribution in [0.25, 0.3) is 0 Å². The van der Waals surface area contributed by atoms with E-state index in [1.807, 2.05) is 30.3 Å². The Morgan fingerprint density at radius 2 is 1.72 bits per heavy atom. The molecule has 96 valence electrons. The molecule has 1 aliphatic rings. The summed E-state index contributed by atoms with van der Waals surface area (Å²) in [6.07, 6.45) is 0. The number of hydrogen-bond acceptors (Lipinski definition) is 3. The molecule has 18 heavy (non-hydrogen) atoms. The molecule has 1 aromatic carbocycles. The lowest BCUT2D eigenvalue weighted by atomic mass is 9.86. The van der Waals surface area contributed by atoms with Crippen molar-refractivity contribution in [2.75, 3.05) is 0 Å². The first-order valence-electron chi connectivity index (χ1n) is 5.79. The van der Waals surface area contributed by atoms with Crippen LogP contribution in [0, 0.1) is 11.8 Å². The summed E-state index contributed by atoms with van der Waals surface area (Å²) < 4.78 is 0. The quantitative estimate of drug-likeness (QED) is 0.747. The molecule has 0 aliphatic carbocycles. The minimum Gasteiger partial charge on any atom is -0.481 e. The molecule has 4 unspecified atom stereocenters. The van der Waals surface area contributed by atoms with Crippen molar-refractivity contribution >= 4 is 11.9 Å². The Kier molecular flexibility index (Phi) is 3.34. The van der Waals surface area contributed by atoms with Gasteiger partial charge in [0.15, 0.2) is 0 Å².